The highest BCUT2D eigenvalue weighted by molar-refractivity contribution is 9.10. The molecule has 1 heterocycles. The molecule has 2 aromatic rings. The van der Waals surface area contributed by atoms with Crippen LogP contribution in [0.1, 0.15) is 35.1 Å². The van der Waals surface area contributed by atoms with Crippen LogP contribution in [0.5, 0.6) is 0 Å². The van der Waals surface area contributed by atoms with Gasteiger partial charge >= 0.3 is 0 Å². The number of hydrogen-bond donors (Lipinski definition) is 1. The lowest BCUT2D eigenvalue weighted by molar-refractivity contribution is -0.137. The number of ether oxygens (including phenoxy) is 1. The number of aliphatic imine (C=N–C) groups is 1. The number of hydrogen-bond acceptors (Lipinski definition) is 4. The van der Waals surface area contributed by atoms with Crippen molar-refractivity contribution in [2.45, 2.75) is 37.6 Å². The first-order chi connectivity index (χ1) is 14.5. The number of amides is 1. The molecule has 2 spiro atoms. The normalized spacial score (nSPS) is 24.1. The van der Waals surface area contributed by atoms with Crippen molar-refractivity contribution in [3.8, 4) is 0 Å². The first kappa shape index (κ1) is 19.8. The van der Waals surface area contributed by atoms with E-state index in [2.05, 4.69) is 58.4 Å². The second kappa shape index (κ2) is 7.20. The molecule has 0 radical (unpaired) electrons. The van der Waals surface area contributed by atoms with Crippen LogP contribution in [0.3, 0.4) is 0 Å². The predicted molar refractivity (Wildman–Crippen MR) is 120 cm³/mol. The fourth-order valence-corrected chi connectivity index (χ4v) is 6.13. The number of methoxy groups -OCH3 is 1. The summed E-state index contributed by atoms with van der Waals surface area (Å²) in [5.41, 5.74) is 10.1. The Kier molecular flexibility index (Phi) is 4.75. The average Bonchev–Trinajstić information content (AvgIpc) is 3.05. The van der Waals surface area contributed by atoms with E-state index in [1.807, 2.05) is 0 Å². The molecule has 5 rings (SSSR count). The Morgan fingerprint density at radius 1 is 1.13 bits per heavy atom. The molecule has 2 aliphatic carbocycles. The maximum absolute atomic E-state index is 14.0. The van der Waals surface area contributed by atoms with Gasteiger partial charge in [-0.15, -0.1) is 0 Å². The van der Waals surface area contributed by atoms with Crippen LogP contribution in [0.2, 0.25) is 0 Å². The number of aryl methyl sites for hydroxylation is 2. The highest BCUT2D eigenvalue weighted by Crippen LogP contribution is 2.61. The first-order valence-electron chi connectivity index (χ1n) is 10.5. The third kappa shape index (κ3) is 2.70. The average molecular weight is 468 g/mol. The zero-order chi connectivity index (χ0) is 20.9. The van der Waals surface area contributed by atoms with Crippen molar-refractivity contribution in [3.63, 3.8) is 0 Å². The minimum atomic E-state index is -0.952. The molecule has 0 aromatic heterocycles. The molecule has 2 aromatic carbocycles. The molecular formula is C24H26BrN3O2. The highest BCUT2D eigenvalue weighted by Gasteiger charge is 2.66. The van der Waals surface area contributed by atoms with Crippen LogP contribution in [0.4, 0.5) is 0 Å². The summed E-state index contributed by atoms with van der Waals surface area (Å²) < 4.78 is 6.19. The molecule has 1 unspecified atom stereocenters. The Labute approximate surface area is 185 Å². The smallest absolute Gasteiger partial charge is 0.262 e. The molecule has 0 saturated carbocycles. The Morgan fingerprint density at radius 3 is 2.50 bits per heavy atom. The van der Waals surface area contributed by atoms with E-state index in [4.69, 9.17) is 15.5 Å². The molecule has 156 valence electrons. The van der Waals surface area contributed by atoms with Gasteiger partial charge in [-0.2, -0.15) is 0 Å². The number of nitrogens with two attached hydrogens (primary N) is 1. The molecule has 6 heteroatoms. The second-order valence-electron chi connectivity index (χ2n) is 8.66. The van der Waals surface area contributed by atoms with Crippen molar-refractivity contribution < 1.29 is 9.53 Å². The summed E-state index contributed by atoms with van der Waals surface area (Å²) in [5, 5.41) is 0. The van der Waals surface area contributed by atoms with Crippen molar-refractivity contribution in [3.05, 3.63) is 69.2 Å². The fraction of sp³-hybridized carbons (Fsp3) is 0.417. The summed E-state index contributed by atoms with van der Waals surface area (Å²) in [6.45, 7) is 0.855. The Morgan fingerprint density at radius 2 is 1.83 bits per heavy atom. The van der Waals surface area contributed by atoms with E-state index in [9.17, 15) is 4.79 Å². The largest absolute Gasteiger partial charge is 0.383 e. The lowest BCUT2D eigenvalue weighted by atomic mass is 9.65. The van der Waals surface area contributed by atoms with Crippen LogP contribution in [0.15, 0.2) is 51.9 Å². The summed E-state index contributed by atoms with van der Waals surface area (Å²) in [6.07, 6.45) is 4.58. The summed E-state index contributed by atoms with van der Waals surface area (Å²) in [7, 11) is 1.63. The topological polar surface area (TPSA) is 67.9 Å². The molecular weight excluding hydrogens is 442 g/mol. The van der Waals surface area contributed by atoms with Crippen molar-refractivity contribution in [2.75, 3.05) is 20.3 Å². The number of rotatable bonds is 3. The maximum atomic E-state index is 14.0. The zero-order valence-corrected chi connectivity index (χ0v) is 18.7. The van der Waals surface area contributed by atoms with Gasteiger partial charge in [-0.25, -0.2) is 4.99 Å². The summed E-state index contributed by atoms with van der Waals surface area (Å²) in [6, 6.07) is 14.9. The van der Waals surface area contributed by atoms with E-state index in [0.717, 1.165) is 42.1 Å². The standard InChI is InChI=1S/C24H26BrN3O2/c1-30-13-12-28-21(29)24(27-22(28)26)20-14-19(25)7-6-18(20)15-23(24)10-8-16-4-2-3-5-17(16)9-11-23/h2-7,14H,8-13,15H2,1H3,(H2,26,27). The van der Waals surface area contributed by atoms with Gasteiger partial charge in [0.25, 0.3) is 5.91 Å². The van der Waals surface area contributed by atoms with Gasteiger partial charge < -0.3 is 10.5 Å². The molecule has 0 bridgehead atoms. The van der Waals surface area contributed by atoms with Crippen molar-refractivity contribution in [2.24, 2.45) is 16.1 Å². The predicted octanol–water partition coefficient (Wildman–Crippen LogP) is 3.57. The van der Waals surface area contributed by atoms with Crippen molar-refractivity contribution in [1.82, 2.24) is 4.90 Å². The first-order valence-corrected chi connectivity index (χ1v) is 11.3. The molecule has 3 aliphatic rings. The molecule has 30 heavy (non-hydrogen) atoms. The molecule has 1 amide bonds. The van der Waals surface area contributed by atoms with Crippen LogP contribution in [0.25, 0.3) is 0 Å². The second-order valence-corrected chi connectivity index (χ2v) is 9.57. The molecule has 0 fully saturated rings. The fourth-order valence-electron chi connectivity index (χ4n) is 5.77. The number of nitrogens with zero attached hydrogens (tertiary/aromatic N) is 2. The summed E-state index contributed by atoms with van der Waals surface area (Å²) in [5.74, 6) is 0.311. The van der Waals surface area contributed by atoms with Gasteiger partial charge in [0.05, 0.1) is 13.2 Å². The molecule has 5 nitrogen and oxygen atoms in total. The van der Waals surface area contributed by atoms with Gasteiger partial charge in [0, 0.05) is 17.0 Å². The summed E-state index contributed by atoms with van der Waals surface area (Å²) >= 11 is 3.61. The number of carbonyl (C=O) groups excluding carboxylic acids is 1. The van der Waals surface area contributed by atoms with Crippen molar-refractivity contribution >= 4 is 27.8 Å². The van der Waals surface area contributed by atoms with Gasteiger partial charge in [-0.05, 0) is 66.5 Å². The monoisotopic (exact) mass is 467 g/mol. The quantitative estimate of drug-likeness (QED) is 0.749. The molecule has 2 N–H and O–H groups in total. The lowest BCUT2D eigenvalue weighted by Crippen LogP contribution is -2.51. The SMILES string of the molecule is COCCN1C(=O)C2(N=C1N)c1cc(Br)ccc1CC21CCc2ccccc2CC1. The molecule has 1 atom stereocenters. The van der Waals surface area contributed by atoms with E-state index < -0.39 is 5.54 Å². The maximum Gasteiger partial charge on any atom is 0.262 e. The minimum Gasteiger partial charge on any atom is -0.383 e. The van der Waals surface area contributed by atoms with Crippen molar-refractivity contribution in [1.29, 1.82) is 0 Å². The highest BCUT2D eigenvalue weighted by atomic mass is 79.9. The Hall–Kier alpha value is -2.18. The number of halogens is 1. The van der Waals surface area contributed by atoms with Crippen LogP contribution in [-0.2, 0) is 34.3 Å². The number of guanidine groups is 1. The van der Waals surface area contributed by atoms with E-state index in [0.29, 0.717) is 19.1 Å². The van der Waals surface area contributed by atoms with Crippen LogP contribution in [-0.4, -0.2) is 37.0 Å². The van der Waals surface area contributed by atoms with Gasteiger partial charge in [0.1, 0.15) is 0 Å². The third-order valence-corrected chi connectivity index (χ3v) is 7.75. The van der Waals surface area contributed by atoms with E-state index in [1.165, 1.54) is 16.7 Å². The van der Waals surface area contributed by atoms with E-state index in [-0.39, 0.29) is 11.3 Å². The molecule has 0 saturated heterocycles. The number of fused-ring (bicyclic) bond motifs is 4. The van der Waals surface area contributed by atoms with Gasteiger partial charge in [-0.1, -0.05) is 46.3 Å². The minimum absolute atomic E-state index is 0.000133. The molecule has 1 aliphatic heterocycles. The number of benzene rings is 2. The third-order valence-electron chi connectivity index (χ3n) is 7.25. The number of carbonyl (C=O) groups is 1. The Bertz CT molecular complexity index is 1020. The Balaban J connectivity index is 1.65. The van der Waals surface area contributed by atoms with E-state index >= 15 is 0 Å². The zero-order valence-electron chi connectivity index (χ0n) is 17.2. The summed E-state index contributed by atoms with van der Waals surface area (Å²) in [4.78, 5) is 20.7. The lowest BCUT2D eigenvalue weighted by Gasteiger charge is -2.40. The van der Waals surface area contributed by atoms with Crippen LogP contribution < -0.4 is 5.73 Å². The van der Waals surface area contributed by atoms with Gasteiger partial charge in [0.15, 0.2) is 11.5 Å². The van der Waals surface area contributed by atoms with Gasteiger partial charge in [-0.3, -0.25) is 9.69 Å². The van der Waals surface area contributed by atoms with E-state index in [1.54, 1.807) is 12.0 Å². The van der Waals surface area contributed by atoms with Crippen LogP contribution >= 0.6 is 15.9 Å². The van der Waals surface area contributed by atoms with Crippen LogP contribution in [0, 0.1) is 5.41 Å². The van der Waals surface area contributed by atoms with Gasteiger partial charge in [0.2, 0.25) is 0 Å².